The summed E-state index contributed by atoms with van der Waals surface area (Å²) < 4.78 is 36.4. The predicted octanol–water partition coefficient (Wildman–Crippen LogP) is 4.54. The molecule has 1 unspecified atom stereocenters. The van der Waals surface area contributed by atoms with Gasteiger partial charge in [0, 0.05) is 0 Å². The van der Waals surface area contributed by atoms with E-state index in [0.29, 0.717) is 5.56 Å². The molecule has 4 heteroatoms. The second kappa shape index (κ2) is 4.44. The van der Waals surface area contributed by atoms with Crippen molar-refractivity contribution in [1.82, 2.24) is 0 Å². The van der Waals surface area contributed by atoms with Crippen LogP contribution in [-0.2, 0) is 0 Å². The summed E-state index contributed by atoms with van der Waals surface area (Å²) in [5.41, 5.74) is 2.28. The highest BCUT2D eigenvalue weighted by atomic mass is 35.5. The normalized spacial score (nSPS) is 14.0. The minimum absolute atomic E-state index is 0.564. The van der Waals surface area contributed by atoms with Crippen molar-refractivity contribution in [2.75, 3.05) is 0 Å². The van der Waals surface area contributed by atoms with Crippen molar-refractivity contribution in [2.45, 2.75) is 31.8 Å². The Morgan fingerprint density at radius 2 is 1.87 bits per heavy atom. The fourth-order valence-electron chi connectivity index (χ4n) is 1.41. The summed E-state index contributed by atoms with van der Waals surface area (Å²) in [7, 11) is 0. The van der Waals surface area contributed by atoms with Gasteiger partial charge >= 0.3 is 6.18 Å². The Morgan fingerprint density at radius 3 is 2.40 bits per heavy atom. The third-order valence-corrected chi connectivity index (χ3v) is 2.57. The van der Waals surface area contributed by atoms with E-state index in [1.165, 1.54) is 0 Å². The summed E-state index contributed by atoms with van der Waals surface area (Å²) in [6.07, 6.45) is -5.21. The summed E-state index contributed by atoms with van der Waals surface area (Å²) in [4.78, 5) is 0. The zero-order chi connectivity index (χ0) is 11.6. The molecule has 0 nitrogen and oxygen atoms in total. The SMILES string of the molecule is Cc1ccc(C)c(C(Cl)CC(F)(F)F)c1. The molecule has 0 aliphatic heterocycles. The molecule has 0 aromatic heterocycles. The zero-order valence-electron chi connectivity index (χ0n) is 8.53. The first-order chi connectivity index (χ1) is 6.79. The Kier molecular flexibility index (Phi) is 3.66. The summed E-state index contributed by atoms with van der Waals surface area (Å²) in [5, 5.41) is -0.995. The van der Waals surface area contributed by atoms with E-state index in [9.17, 15) is 13.2 Å². The van der Waals surface area contributed by atoms with Crippen molar-refractivity contribution in [3.63, 3.8) is 0 Å². The average Bonchev–Trinajstić information content (AvgIpc) is 2.06. The number of benzene rings is 1. The molecule has 0 heterocycles. The Balaban J connectivity index is 2.90. The molecule has 1 aromatic carbocycles. The minimum Gasteiger partial charge on any atom is -0.171 e. The number of hydrogen-bond donors (Lipinski definition) is 0. The molecule has 0 amide bonds. The van der Waals surface area contributed by atoms with Crippen LogP contribution in [0.1, 0.15) is 28.5 Å². The molecule has 0 aliphatic rings. The first-order valence-electron chi connectivity index (χ1n) is 4.57. The van der Waals surface area contributed by atoms with E-state index in [4.69, 9.17) is 11.6 Å². The number of rotatable bonds is 2. The van der Waals surface area contributed by atoms with Crippen LogP contribution in [0.3, 0.4) is 0 Å². The van der Waals surface area contributed by atoms with Crippen LogP contribution in [0, 0.1) is 13.8 Å². The van der Waals surface area contributed by atoms with Crippen LogP contribution in [0.25, 0.3) is 0 Å². The summed E-state index contributed by atoms with van der Waals surface area (Å²) >= 11 is 5.75. The van der Waals surface area contributed by atoms with E-state index in [0.717, 1.165) is 11.1 Å². The van der Waals surface area contributed by atoms with Gasteiger partial charge < -0.3 is 0 Å². The van der Waals surface area contributed by atoms with Gasteiger partial charge in [-0.3, -0.25) is 0 Å². The van der Waals surface area contributed by atoms with Crippen LogP contribution in [-0.4, -0.2) is 6.18 Å². The van der Waals surface area contributed by atoms with Crippen molar-refractivity contribution < 1.29 is 13.2 Å². The minimum atomic E-state index is -4.22. The highest BCUT2D eigenvalue weighted by Crippen LogP contribution is 2.35. The van der Waals surface area contributed by atoms with Gasteiger partial charge in [0.05, 0.1) is 11.8 Å². The van der Waals surface area contributed by atoms with Gasteiger partial charge in [-0.2, -0.15) is 13.2 Å². The molecule has 15 heavy (non-hydrogen) atoms. The lowest BCUT2D eigenvalue weighted by Crippen LogP contribution is -2.11. The fourth-order valence-corrected chi connectivity index (χ4v) is 1.82. The number of aryl methyl sites for hydroxylation is 2. The zero-order valence-corrected chi connectivity index (χ0v) is 9.28. The lowest BCUT2D eigenvalue weighted by atomic mass is 10.0. The van der Waals surface area contributed by atoms with Gasteiger partial charge in [-0.15, -0.1) is 11.6 Å². The fraction of sp³-hybridized carbons (Fsp3) is 0.455. The lowest BCUT2D eigenvalue weighted by Gasteiger charge is -2.15. The average molecular weight is 237 g/mol. The summed E-state index contributed by atoms with van der Waals surface area (Å²) in [6, 6.07) is 5.35. The monoisotopic (exact) mass is 236 g/mol. The molecule has 1 atom stereocenters. The van der Waals surface area contributed by atoms with E-state index in [-0.39, 0.29) is 0 Å². The van der Waals surface area contributed by atoms with Gasteiger partial charge in [-0.05, 0) is 25.0 Å². The molecule has 1 aromatic rings. The molecule has 0 spiro atoms. The van der Waals surface area contributed by atoms with Crippen molar-refractivity contribution >= 4 is 11.6 Å². The first kappa shape index (κ1) is 12.4. The Morgan fingerprint density at radius 1 is 1.27 bits per heavy atom. The molecule has 0 radical (unpaired) electrons. The van der Waals surface area contributed by atoms with Gasteiger partial charge in [0.2, 0.25) is 0 Å². The van der Waals surface area contributed by atoms with E-state index in [2.05, 4.69) is 0 Å². The molecule has 0 bridgehead atoms. The van der Waals surface area contributed by atoms with Crippen molar-refractivity contribution in [3.05, 3.63) is 34.9 Å². The topological polar surface area (TPSA) is 0 Å². The van der Waals surface area contributed by atoms with E-state index >= 15 is 0 Å². The van der Waals surface area contributed by atoms with Crippen LogP contribution < -0.4 is 0 Å². The van der Waals surface area contributed by atoms with E-state index < -0.39 is 18.0 Å². The molecular weight excluding hydrogens is 225 g/mol. The van der Waals surface area contributed by atoms with Gasteiger partial charge in [0.1, 0.15) is 0 Å². The van der Waals surface area contributed by atoms with Gasteiger partial charge in [0.15, 0.2) is 0 Å². The summed E-state index contributed by atoms with van der Waals surface area (Å²) in [6.45, 7) is 3.60. The maximum absolute atomic E-state index is 12.1. The molecule has 0 fully saturated rings. The van der Waals surface area contributed by atoms with Crippen LogP contribution >= 0.6 is 11.6 Å². The summed E-state index contributed by atoms with van der Waals surface area (Å²) in [5.74, 6) is 0. The second-order valence-electron chi connectivity index (χ2n) is 3.65. The van der Waals surface area contributed by atoms with Crippen molar-refractivity contribution in [1.29, 1.82) is 0 Å². The number of alkyl halides is 4. The van der Waals surface area contributed by atoms with E-state index in [1.807, 2.05) is 13.0 Å². The molecule has 84 valence electrons. The van der Waals surface area contributed by atoms with Crippen LogP contribution in [0.15, 0.2) is 18.2 Å². The molecule has 0 saturated carbocycles. The van der Waals surface area contributed by atoms with Gasteiger partial charge in [0.25, 0.3) is 0 Å². The third kappa shape index (κ3) is 3.74. The maximum atomic E-state index is 12.1. The largest absolute Gasteiger partial charge is 0.390 e. The first-order valence-corrected chi connectivity index (χ1v) is 5.01. The Hall–Kier alpha value is -0.700. The molecule has 1 rings (SSSR count). The Bertz CT molecular complexity index is 344. The maximum Gasteiger partial charge on any atom is 0.390 e. The predicted molar refractivity (Wildman–Crippen MR) is 55.2 cm³/mol. The smallest absolute Gasteiger partial charge is 0.171 e. The van der Waals surface area contributed by atoms with Crippen LogP contribution in [0.2, 0.25) is 0 Å². The molecule has 0 N–H and O–H groups in total. The number of hydrogen-bond acceptors (Lipinski definition) is 0. The van der Waals surface area contributed by atoms with Crippen LogP contribution in [0.5, 0.6) is 0 Å². The Labute approximate surface area is 92.1 Å². The molecule has 0 aliphatic carbocycles. The molecule has 0 saturated heterocycles. The quantitative estimate of drug-likeness (QED) is 0.662. The third-order valence-electron chi connectivity index (χ3n) is 2.18. The molecular formula is C11H12ClF3. The number of halogens is 4. The van der Waals surface area contributed by atoms with Gasteiger partial charge in [-0.25, -0.2) is 0 Å². The van der Waals surface area contributed by atoms with Crippen molar-refractivity contribution in [2.24, 2.45) is 0 Å². The van der Waals surface area contributed by atoms with Crippen molar-refractivity contribution in [3.8, 4) is 0 Å². The lowest BCUT2D eigenvalue weighted by molar-refractivity contribution is -0.134. The van der Waals surface area contributed by atoms with E-state index in [1.54, 1.807) is 19.1 Å². The highest BCUT2D eigenvalue weighted by Gasteiger charge is 2.32. The van der Waals surface area contributed by atoms with Gasteiger partial charge in [-0.1, -0.05) is 23.8 Å². The highest BCUT2D eigenvalue weighted by molar-refractivity contribution is 6.20. The van der Waals surface area contributed by atoms with Crippen LogP contribution in [0.4, 0.5) is 13.2 Å². The standard InChI is InChI=1S/C11H12ClF3/c1-7-3-4-8(2)9(5-7)10(12)6-11(13,14)15/h3-5,10H,6H2,1-2H3. The second-order valence-corrected chi connectivity index (χ2v) is 4.17.